The molecule has 2 aromatic carbocycles. The summed E-state index contributed by atoms with van der Waals surface area (Å²) in [5.74, 6) is -0.372. The average Bonchev–Trinajstić information content (AvgIpc) is 2.96. The van der Waals surface area contributed by atoms with Crippen LogP contribution in [0.1, 0.15) is 24.4 Å². The van der Waals surface area contributed by atoms with Crippen LogP contribution in [-0.2, 0) is 0 Å². The van der Waals surface area contributed by atoms with E-state index in [1.807, 2.05) is 18.2 Å². The normalized spacial score (nSPS) is 18.7. The van der Waals surface area contributed by atoms with E-state index in [9.17, 15) is 4.39 Å². The first kappa shape index (κ1) is 12.6. The zero-order chi connectivity index (χ0) is 13.2. The van der Waals surface area contributed by atoms with Gasteiger partial charge in [-0.2, -0.15) is 0 Å². The van der Waals surface area contributed by atoms with Crippen molar-refractivity contribution in [1.82, 2.24) is 5.32 Å². The van der Waals surface area contributed by atoms with Gasteiger partial charge in [-0.3, -0.25) is 0 Å². The molecule has 1 saturated heterocycles. The van der Waals surface area contributed by atoms with Crippen LogP contribution in [0.2, 0.25) is 5.02 Å². The van der Waals surface area contributed by atoms with Crippen molar-refractivity contribution in [3.05, 3.63) is 58.9 Å². The molecule has 3 rings (SSSR count). The molecule has 0 spiro atoms. The Hall–Kier alpha value is -1.38. The Morgan fingerprint density at radius 2 is 1.95 bits per heavy atom. The van der Waals surface area contributed by atoms with E-state index < -0.39 is 0 Å². The van der Waals surface area contributed by atoms with Crippen molar-refractivity contribution >= 4 is 11.6 Å². The highest BCUT2D eigenvalue weighted by molar-refractivity contribution is 6.30. The molecule has 2 aromatic rings. The quantitative estimate of drug-likeness (QED) is 0.846. The molecule has 0 saturated carbocycles. The fourth-order valence-electron chi connectivity index (χ4n) is 2.58. The van der Waals surface area contributed by atoms with Crippen LogP contribution in [0, 0.1) is 5.82 Å². The van der Waals surface area contributed by atoms with Crippen LogP contribution < -0.4 is 5.32 Å². The lowest BCUT2D eigenvalue weighted by Crippen LogP contribution is -2.12. The van der Waals surface area contributed by atoms with Gasteiger partial charge in [0.05, 0.1) is 5.02 Å². The fraction of sp³-hybridized carbons (Fsp3) is 0.250. The van der Waals surface area contributed by atoms with Crippen molar-refractivity contribution < 1.29 is 4.39 Å². The van der Waals surface area contributed by atoms with Gasteiger partial charge in [-0.05, 0) is 54.3 Å². The van der Waals surface area contributed by atoms with Crippen molar-refractivity contribution in [2.24, 2.45) is 0 Å². The minimum atomic E-state index is -0.372. The summed E-state index contributed by atoms with van der Waals surface area (Å²) in [6, 6.07) is 13.7. The first-order valence-corrected chi connectivity index (χ1v) is 6.90. The molecule has 1 N–H and O–H groups in total. The van der Waals surface area contributed by atoms with Crippen LogP contribution in [0.4, 0.5) is 4.39 Å². The predicted molar refractivity (Wildman–Crippen MR) is 76.8 cm³/mol. The van der Waals surface area contributed by atoms with E-state index in [0.717, 1.165) is 17.7 Å². The summed E-state index contributed by atoms with van der Waals surface area (Å²) in [7, 11) is 0. The van der Waals surface area contributed by atoms with E-state index in [0.29, 0.717) is 6.04 Å². The molecule has 0 aliphatic carbocycles. The van der Waals surface area contributed by atoms with Gasteiger partial charge in [-0.1, -0.05) is 35.9 Å². The van der Waals surface area contributed by atoms with Crippen molar-refractivity contribution in [3.8, 4) is 11.1 Å². The molecule has 0 bridgehead atoms. The molecular formula is C16H15ClFN. The lowest BCUT2D eigenvalue weighted by molar-refractivity contribution is 0.628. The van der Waals surface area contributed by atoms with Gasteiger partial charge in [0.2, 0.25) is 0 Å². The van der Waals surface area contributed by atoms with E-state index in [1.165, 1.54) is 24.5 Å². The summed E-state index contributed by atoms with van der Waals surface area (Å²) in [5, 5.41) is 3.64. The van der Waals surface area contributed by atoms with Crippen LogP contribution in [-0.4, -0.2) is 6.54 Å². The Bertz CT molecular complexity index is 591. The number of halogens is 2. The molecule has 0 aromatic heterocycles. The van der Waals surface area contributed by atoms with Gasteiger partial charge < -0.3 is 5.32 Å². The van der Waals surface area contributed by atoms with Crippen LogP contribution in [0.15, 0.2) is 42.5 Å². The minimum Gasteiger partial charge on any atom is -0.310 e. The lowest BCUT2D eigenvalue weighted by Gasteiger charge is -2.12. The van der Waals surface area contributed by atoms with Crippen LogP contribution in [0.3, 0.4) is 0 Å². The molecular weight excluding hydrogens is 261 g/mol. The zero-order valence-electron chi connectivity index (χ0n) is 10.5. The summed E-state index contributed by atoms with van der Waals surface area (Å²) in [6.45, 7) is 1.07. The van der Waals surface area contributed by atoms with E-state index in [4.69, 9.17) is 11.6 Å². The van der Waals surface area contributed by atoms with Gasteiger partial charge in [-0.15, -0.1) is 0 Å². The predicted octanol–water partition coefficient (Wildman–Crippen LogP) is 4.57. The second-order valence-electron chi connectivity index (χ2n) is 4.90. The Balaban J connectivity index is 1.95. The third-order valence-electron chi connectivity index (χ3n) is 3.60. The van der Waals surface area contributed by atoms with Crippen molar-refractivity contribution in [1.29, 1.82) is 0 Å². The van der Waals surface area contributed by atoms with Crippen molar-refractivity contribution in [3.63, 3.8) is 0 Å². The maximum absolute atomic E-state index is 13.5. The molecule has 1 heterocycles. The topological polar surface area (TPSA) is 12.0 Å². The monoisotopic (exact) mass is 275 g/mol. The number of benzene rings is 2. The lowest BCUT2D eigenvalue weighted by atomic mass is 9.99. The fourth-order valence-corrected chi connectivity index (χ4v) is 2.70. The first-order valence-electron chi connectivity index (χ1n) is 6.53. The number of rotatable bonds is 2. The first-order chi connectivity index (χ1) is 9.24. The van der Waals surface area contributed by atoms with E-state index in [-0.39, 0.29) is 10.8 Å². The molecule has 1 nitrogen and oxygen atoms in total. The van der Waals surface area contributed by atoms with Crippen molar-refractivity contribution in [2.45, 2.75) is 18.9 Å². The number of hydrogen-bond acceptors (Lipinski definition) is 1. The van der Waals surface area contributed by atoms with Crippen LogP contribution in [0.25, 0.3) is 11.1 Å². The Morgan fingerprint density at radius 1 is 1.11 bits per heavy atom. The highest BCUT2D eigenvalue weighted by atomic mass is 35.5. The SMILES string of the molecule is Fc1cc(-c2cccc([C@@H]3CCCN3)c2)ccc1Cl. The molecule has 0 radical (unpaired) electrons. The highest BCUT2D eigenvalue weighted by Gasteiger charge is 2.16. The standard InChI is InChI=1S/C16H15ClFN/c17-14-7-6-12(10-15(14)18)11-3-1-4-13(9-11)16-5-2-8-19-16/h1,3-4,6-7,9-10,16,19H,2,5,8H2/t16-/m0/s1. The largest absolute Gasteiger partial charge is 0.310 e. The molecule has 0 unspecified atom stereocenters. The zero-order valence-corrected chi connectivity index (χ0v) is 11.3. The van der Waals surface area contributed by atoms with Crippen molar-refractivity contribution in [2.75, 3.05) is 6.54 Å². The number of nitrogens with one attached hydrogen (secondary N) is 1. The molecule has 1 aliphatic rings. The van der Waals surface area contributed by atoms with Gasteiger partial charge in [0.1, 0.15) is 5.82 Å². The molecule has 98 valence electrons. The Labute approximate surface area is 117 Å². The smallest absolute Gasteiger partial charge is 0.142 e. The minimum absolute atomic E-state index is 0.164. The maximum Gasteiger partial charge on any atom is 0.142 e. The third-order valence-corrected chi connectivity index (χ3v) is 3.91. The van der Waals surface area contributed by atoms with Gasteiger partial charge in [-0.25, -0.2) is 4.39 Å². The average molecular weight is 276 g/mol. The summed E-state index contributed by atoms with van der Waals surface area (Å²) in [5.41, 5.74) is 3.16. The molecule has 3 heteroatoms. The summed E-state index contributed by atoms with van der Waals surface area (Å²) < 4.78 is 13.5. The molecule has 1 fully saturated rings. The second kappa shape index (κ2) is 5.32. The molecule has 0 amide bonds. The summed E-state index contributed by atoms with van der Waals surface area (Å²) in [6.07, 6.45) is 2.38. The van der Waals surface area contributed by atoms with Gasteiger partial charge >= 0.3 is 0 Å². The van der Waals surface area contributed by atoms with E-state index in [2.05, 4.69) is 17.4 Å². The maximum atomic E-state index is 13.5. The summed E-state index contributed by atoms with van der Waals surface area (Å²) in [4.78, 5) is 0. The summed E-state index contributed by atoms with van der Waals surface area (Å²) >= 11 is 5.72. The Morgan fingerprint density at radius 3 is 2.68 bits per heavy atom. The molecule has 1 aliphatic heterocycles. The van der Waals surface area contributed by atoms with Crippen LogP contribution >= 0.6 is 11.6 Å². The Kier molecular flexibility index (Phi) is 3.54. The van der Waals surface area contributed by atoms with Gasteiger partial charge in [0.15, 0.2) is 0 Å². The van der Waals surface area contributed by atoms with E-state index in [1.54, 1.807) is 6.07 Å². The van der Waals surface area contributed by atoms with E-state index >= 15 is 0 Å². The van der Waals surface area contributed by atoms with Gasteiger partial charge in [0, 0.05) is 6.04 Å². The molecule has 19 heavy (non-hydrogen) atoms. The molecule has 1 atom stereocenters. The highest BCUT2D eigenvalue weighted by Crippen LogP contribution is 2.29. The number of hydrogen-bond donors (Lipinski definition) is 1. The van der Waals surface area contributed by atoms with Crippen LogP contribution in [0.5, 0.6) is 0 Å². The second-order valence-corrected chi connectivity index (χ2v) is 5.31. The van der Waals surface area contributed by atoms with Gasteiger partial charge in [0.25, 0.3) is 0 Å². The third kappa shape index (κ3) is 2.65.